The van der Waals surface area contributed by atoms with Crippen LogP contribution in [0.2, 0.25) is 0 Å². The zero-order valence-electron chi connectivity index (χ0n) is 7.80. The summed E-state index contributed by atoms with van der Waals surface area (Å²) < 4.78 is 0. The van der Waals surface area contributed by atoms with Crippen molar-refractivity contribution in [2.75, 3.05) is 14.1 Å². The van der Waals surface area contributed by atoms with Crippen LogP contribution in [0.1, 0.15) is 30.0 Å². The molecule has 1 atom stereocenters. The molecule has 0 spiro atoms. The molecule has 1 heterocycles. The maximum absolute atomic E-state index is 3.20. The smallest absolute Gasteiger partial charge is 0.0359 e. The number of rotatable bonds is 1. The lowest BCUT2D eigenvalue weighted by molar-refractivity contribution is 0.269. The van der Waals surface area contributed by atoms with E-state index in [0.29, 0.717) is 6.04 Å². The third-order valence-corrected chi connectivity index (χ3v) is 2.77. The summed E-state index contributed by atoms with van der Waals surface area (Å²) in [6, 6.07) is 0.639. The first-order chi connectivity index (χ1) is 5.79. The first-order valence-corrected chi connectivity index (χ1v) is 4.61. The third-order valence-electron chi connectivity index (χ3n) is 2.77. The summed E-state index contributed by atoms with van der Waals surface area (Å²) in [5.74, 6) is 0. The molecule has 12 heavy (non-hydrogen) atoms. The van der Waals surface area contributed by atoms with Crippen LogP contribution < -0.4 is 0 Å². The fraction of sp³-hybridized carbons (Fsp3) is 0.600. The summed E-state index contributed by atoms with van der Waals surface area (Å²) in [6.45, 7) is 0. The molecule has 0 saturated heterocycles. The fourth-order valence-electron chi connectivity index (χ4n) is 2.11. The monoisotopic (exact) mass is 164 g/mol. The standard InChI is InChI=1S/C10H16N2/c1-12(2)10-5-3-4-8-6-11-7-9(8)10/h6-7,10-11H,3-5H2,1-2H3. The van der Waals surface area contributed by atoms with Gasteiger partial charge in [0.2, 0.25) is 0 Å². The molecule has 1 aliphatic carbocycles. The highest BCUT2D eigenvalue weighted by atomic mass is 15.1. The van der Waals surface area contributed by atoms with Gasteiger partial charge in [-0.1, -0.05) is 0 Å². The highest BCUT2D eigenvalue weighted by Gasteiger charge is 2.21. The van der Waals surface area contributed by atoms with Gasteiger partial charge in [-0.2, -0.15) is 0 Å². The third kappa shape index (κ3) is 1.16. The molecule has 0 bridgehead atoms. The molecule has 0 aliphatic heterocycles. The van der Waals surface area contributed by atoms with E-state index in [9.17, 15) is 0 Å². The molecule has 1 N–H and O–H groups in total. The zero-order valence-corrected chi connectivity index (χ0v) is 7.80. The van der Waals surface area contributed by atoms with Gasteiger partial charge in [0.1, 0.15) is 0 Å². The molecule has 66 valence electrons. The minimum atomic E-state index is 0.639. The molecule has 2 nitrogen and oxygen atoms in total. The van der Waals surface area contributed by atoms with E-state index in [2.05, 4.69) is 36.4 Å². The molecular weight excluding hydrogens is 148 g/mol. The summed E-state index contributed by atoms with van der Waals surface area (Å²) in [7, 11) is 4.32. The molecule has 0 saturated carbocycles. The Kier molecular flexibility index (Phi) is 1.93. The second-order valence-corrected chi connectivity index (χ2v) is 3.81. The lowest BCUT2D eigenvalue weighted by Gasteiger charge is -2.28. The van der Waals surface area contributed by atoms with Crippen LogP contribution in [0.5, 0.6) is 0 Å². The van der Waals surface area contributed by atoms with Gasteiger partial charge in [0, 0.05) is 18.4 Å². The van der Waals surface area contributed by atoms with Gasteiger partial charge in [0.25, 0.3) is 0 Å². The number of H-pyrrole nitrogens is 1. The number of fused-ring (bicyclic) bond motifs is 1. The van der Waals surface area contributed by atoms with Crippen molar-refractivity contribution in [3.63, 3.8) is 0 Å². The van der Waals surface area contributed by atoms with E-state index in [4.69, 9.17) is 0 Å². The van der Waals surface area contributed by atoms with Gasteiger partial charge in [-0.3, -0.25) is 0 Å². The van der Waals surface area contributed by atoms with Crippen molar-refractivity contribution < 1.29 is 0 Å². The Morgan fingerprint density at radius 1 is 1.42 bits per heavy atom. The average Bonchev–Trinajstić information content (AvgIpc) is 2.49. The van der Waals surface area contributed by atoms with Crippen LogP contribution in [0.25, 0.3) is 0 Å². The molecule has 1 aliphatic rings. The van der Waals surface area contributed by atoms with E-state index in [0.717, 1.165) is 0 Å². The van der Waals surface area contributed by atoms with E-state index >= 15 is 0 Å². The molecule has 1 aromatic heterocycles. The van der Waals surface area contributed by atoms with Crippen molar-refractivity contribution in [3.8, 4) is 0 Å². The second-order valence-electron chi connectivity index (χ2n) is 3.81. The average molecular weight is 164 g/mol. The number of hydrogen-bond donors (Lipinski definition) is 1. The van der Waals surface area contributed by atoms with Gasteiger partial charge in [-0.05, 0) is 44.5 Å². The molecule has 0 amide bonds. The van der Waals surface area contributed by atoms with Crippen molar-refractivity contribution in [1.29, 1.82) is 0 Å². The highest BCUT2D eigenvalue weighted by Crippen LogP contribution is 2.32. The predicted octanol–water partition coefficient (Wildman–Crippen LogP) is 1.95. The Bertz CT molecular complexity index is 263. The zero-order chi connectivity index (χ0) is 8.55. The van der Waals surface area contributed by atoms with Crippen LogP contribution in [-0.2, 0) is 6.42 Å². The number of nitrogens with zero attached hydrogens (tertiary/aromatic N) is 1. The molecule has 1 unspecified atom stereocenters. The minimum Gasteiger partial charge on any atom is -0.367 e. The minimum absolute atomic E-state index is 0.639. The number of hydrogen-bond acceptors (Lipinski definition) is 1. The summed E-state index contributed by atoms with van der Waals surface area (Å²) in [5, 5.41) is 0. The van der Waals surface area contributed by atoms with Gasteiger partial charge >= 0.3 is 0 Å². The molecule has 2 rings (SSSR count). The van der Waals surface area contributed by atoms with E-state index in [1.807, 2.05) is 0 Å². The Morgan fingerprint density at radius 3 is 3.00 bits per heavy atom. The maximum Gasteiger partial charge on any atom is 0.0359 e. The lowest BCUT2D eigenvalue weighted by Crippen LogP contribution is -2.23. The van der Waals surface area contributed by atoms with Gasteiger partial charge in [-0.15, -0.1) is 0 Å². The van der Waals surface area contributed by atoms with Gasteiger partial charge in [-0.25, -0.2) is 0 Å². The summed E-state index contributed by atoms with van der Waals surface area (Å²) >= 11 is 0. The fourth-order valence-corrected chi connectivity index (χ4v) is 2.11. The van der Waals surface area contributed by atoms with Crippen LogP contribution in [0.15, 0.2) is 12.4 Å². The number of aromatic nitrogens is 1. The van der Waals surface area contributed by atoms with E-state index in [1.165, 1.54) is 30.4 Å². The van der Waals surface area contributed by atoms with Crippen molar-refractivity contribution in [2.45, 2.75) is 25.3 Å². The predicted molar refractivity (Wildman–Crippen MR) is 50.2 cm³/mol. The Hall–Kier alpha value is -0.760. The van der Waals surface area contributed by atoms with Crippen molar-refractivity contribution >= 4 is 0 Å². The summed E-state index contributed by atoms with van der Waals surface area (Å²) in [4.78, 5) is 5.51. The van der Waals surface area contributed by atoms with Crippen molar-refractivity contribution in [3.05, 3.63) is 23.5 Å². The Labute approximate surface area is 73.6 Å². The van der Waals surface area contributed by atoms with E-state index in [-0.39, 0.29) is 0 Å². The van der Waals surface area contributed by atoms with Crippen LogP contribution >= 0.6 is 0 Å². The van der Waals surface area contributed by atoms with Gasteiger partial charge in [0.05, 0.1) is 0 Å². The summed E-state index contributed by atoms with van der Waals surface area (Å²) in [5.41, 5.74) is 3.02. The normalized spacial score (nSPS) is 22.8. The molecule has 2 heteroatoms. The summed E-state index contributed by atoms with van der Waals surface area (Å²) in [6.07, 6.45) is 8.18. The molecule has 1 aromatic rings. The first-order valence-electron chi connectivity index (χ1n) is 4.61. The van der Waals surface area contributed by atoms with Crippen molar-refractivity contribution in [1.82, 2.24) is 9.88 Å². The highest BCUT2D eigenvalue weighted by molar-refractivity contribution is 5.29. The van der Waals surface area contributed by atoms with Crippen LogP contribution in [0.3, 0.4) is 0 Å². The van der Waals surface area contributed by atoms with Crippen molar-refractivity contribution in [2.24, 2.45) is 0 Å². The lowest BCUT2D eigenvalue weighted by atomic mass is 9.90. The number of aryl methyl sites for hydroxylation is 1. The topological polar surface area (TPSA) is 19.0 Å². The van der Waals surface area contributed by atoms with Crippen LogP contribution in [-0.4, -0.2) is 24.0 Å². The number of aromatic amines is 1. The molecular formula is C10H16N2. The maximum atomic E-state index is 3.20. The van der Waals surface area contributed by atoms with Crippen LogP contribution in [0, 0.1) is 0 Å². The SMILES string of the molecule is CN(C)C1CCCc2c[nH]cc21. The Morgan fingerprint density at radius 2 is 2.25 bits per heavy atom. The quantitative estimate of drug-likeness (QED) is 0.672. The first kappa shape index (κ1) is 7.87. The van der Waals surface area contributed by atoms with E-state index in [1.54, 1.807) is 0 Å². The van der Waals surface area contributed by atoms with Gasteiger partial charge in [0.15, 0.2) is 0 Å². The molecule has 0 aromatic carbocycles. The molecule has 0 radical (unpaired) electrons. The number of nitrogens with one attached hydrogen (secondary N) is 1. The van der Waals surface area contributed by atoms with Gasteiger partial charge < -0.3 is 9.88 Å². The largest absolute Gasteiger partial charge is 0.367 e. The Balaban J connectivity index is 2.31. The van der Waals surface area contributed by atoms with Crippen LogP contribution in [0.4, 0.5) is 0 Å². The molecule has 0 fully saturated rings. The van der Waals surface area contributed by atoms with E-state index < -0.39 is 0 Å². The second kappa shape index (κ2) is 2.94.